The predicted molar refractivity (Wildman–Crippen MR) is 91.5 cm³/mol. The van der Waals surface area contributed by atoms with Crippen molar-refractivity contribution in [2.75, 3.05) is 24.6 Å². The third kappa shape index (κ3) is 7.06. The smallest absolute Gasteiger partial charge is 0.342 e. The maximum Gasteiger partial charge on any atom is 0.342 e. The van der Waals surface area contributed by atoms with Crippen molar-refractivity contribution in [3.8, 4) is 5.75 Å². The van der Waals surface area contributed by atoms with Gasteiger partial charge in [0.1, 0.15) is 12.2 Å². The molecule has 146 valence electrons. The number of hydrogen-bond acceptors (Lipinski definition) is 5. The van der Waals surface area contributed by atoms with Crippen LogP contribution in [0, 0.1) is 11.6 Å². The second kappa shape index (κ2) is 11.0. The van der Waals surface area contributed by atoms with Crippen LogP contribution in [0.5, 0.6) is 5.75 Å². The summed E-state index contributed by atoms with van der Waals surface area (Å²) in [5.74, 6) is -5.11. The number of carbonyl (C=O) groups is 2. The maximum absolute atomic E-state index is 13.7. The highest BCUT2D eigenvalue weighted by Gasteiger charge is 2.18. The Kier molecular flexibility index (Phi) is 9.90. The Morgan fingerprint density at radius 1 is 1.19 bits per heavy atom. The lowest BCUT2D eigenvalue weighted by Gasteiger charge is -2.24. The lowest BCUT2D eigenvalue weighted by Crippen LogP contribution is -2.24. The molecule has 26 heavy (non-hydrogen) atoms. The monoisotopic (exact) mass is 375 g/mol. The van der Waals surface area contributed by atoms with Crippen molar-refractivity contribution in [3.63, 3.8) is 0 Å². The Balaban J connectivity index is 0.000000660. The van der Waals surface area contributed by atoms with Crippen molar-refractivity contribution in [1.29, 1.82) is 0 Å². The number of nitrogens with zero attached hydrogens (tertiary/aromatic N) is 1. The standard InChI is InChI=1S/C13H19F2NO2.C4H4O4/c1-4-16(5-2)11-7-6-10(14)12(15)13(11)18-8-9(3)17;1-2(3(5)6)4(7)8/h6-7,9,17H,4-5,8H2,1-3H3;1H2,(H,5,6)(H,7,8). The molecule has 0 aliphatic rings. The van der Waals surface area contributed by atoms with Crippen LogP contribution >= 0.6 is 0 Å². The van der Waals surface area contributed by atoms with Crippen molar-refractivity contribution < 1.29 is 38.4 Å². The van der Waals surface area contributed by atoms with Gasteiger partial charge in [0.25, 0.3) is 0 Å². The van der Waals surface area contributed by atoms with Gasteiger partial charge in [-0.3, -0.25) is 0 Å². The second-order valence-electron chi connectivity index (χ2n) is 5.13. The number of aliphatic hydroxyl groups excluding tert-OH is 1. The van der Waals surface area contributed by atoms with Gasteiger partial charge >= 0.3 is 11.9 Å². The first kappa shape index (κ1) is 23.3. The molecular formula is C17H23F2NO6. The number of anilines is 1. The molecule has 1 rings (SSSR count). The molecule has 0 heterocycles. The number of benzene rings is 1. The summed E-state index contributed by atoms with van der Waals surface area (Å²) >= 11 is 0. The Hall–Kier alpha value is -2.68. The third-order valence-electron chi connectivity index (χ3n) is 3.12. The van der Waals surface area contributed by atoms with E-state index in [1.807, 2.05) is 18.7 Å². The van der Waals surface area contributed by atoms with Gasteiger partial charge in [-0.15, -0.1) is 0 Å². The van der Waals surface area contributed by atoms with Gasteiger partial charge < -0.3 is 25.0 Å². The Labute approximate surface area is 150 Å². The molecule has 1 atom stereocenters. The largest absolute Gasteiger partial charge is 0.486 e. The Bertz CT molecular complexity index is 628. The number of hydrogen-bond donors (Lipinski definition) is 3. The maximum atomic E-state index is 13.7. The molecule has 0 fully saturated rings. The lowest BCUT2D eigenvalue weighted by molar-refractivity contribution is -0.140. The molecule has 0 aliphatic heterocycles. The number of rotatable bonds is 8. The quantitative estimate of drug-likeness (QED) is 0.363. The minimum absolute atomic E-state index is 0.0748. The molecule has 0 aliphatic carbocycles. The molecule has 0 aromatic heterocycles. The first-order valence-electron chi connectivity index (χ1n) is 7.75. The van der Waals surface area contributed by atoms with Crippen LogP contribution in [-0.2, 0) is 9.59 Å². The van der Waals surface area contributed by atoms with Crippen LogP contribution < -0.4 is 9.64 Å². The summed E-state index contributed by atoms with van der Waals surface area (Å²) in [6.45, 7) is 9.36. The minimum Gasteiger partial charge on any atom is -0.486 e. The number of aliphatic hydroxyl groups is 1. The van der Waals surface area contributed by atoms with E-state index < -0.39 is 35.3 Å². The van der Waals surface area contributed by atoms with E-state index in [9.17, 15) is 18.4 Å². The van der Waals surface area contributed by atoms with Crippen molar-refractivity contribution in [1.82, 2.24) is 0 Å². The Morgan fingerprint density at radius 2 is 1.69 bits per heavy atom. The average Bonchev–Trinajstić information content (AvgIpc) is 2.57. The van der Waals surface area contributed by atoms with E-state index in [-0.39, 0.29) is 12.4 Å². The normalized spacial score (nSPS) is 11.0. The van der Waals surface area contributed by atoms with Gasteiger partial charge in [-0.2, -0.15) is 4.39 Å². The summed E-state index contributed by atoms with van der Waals surface area (Å²) in [5, 5.41) is 24.9. The van der Waals surface area contributed by atoms with Gasteiger partial charge in [0.15, 0.2) is 11.6 Å². The fraction of sp³-hybridized carbons (Fsp3) is 0.412. The van der Waals surface area contributed by atoms with E-state index in [1.165, 1.54) is 13.0 Å². The van der Waals surface area contributed by atoms with E-state index >= 15 is 0 Å². The highest BCUT2D eigenvalue weighted by molar-refractivity contribution is 6.11. The van der Waals surface area contributed by atoms with Crippen molar-refractivity contribution in [3.05, 3.63) is 35.9 Å². The fourth-order valence-corrected chi connectivity index (χ4v) is 1.77. The molecular weight excluding hydrogens is 352 g/mol. The van der Waals surface area contributed by atoms with Crippen molar-refractivity contribution >= 4 is 17.6 Å². The van der Waals surface area contributed by atoms with Crippen molar-refractivity contribution in [2.24, 2.45) is 0 Å². The molecule has 1 aromatic carbocycles. The van der Waals surface area contributed by atoms with E-state index in [0.29, 0.717) is 18.8 Å². The fourth-order valence-electron chi connectivity index (χ4n) is 1.77. The highest BCUT2D eigenvalue weighted by atomic mass is 19.2. The van der Waals surface area contributed by atoms with Gasteiger partial charge in [0, 0.05) is 13.1 Å². The SMILES string of the molecule is C=C(C(=O)O)C(=O)O.CCN(CC)c1ccc(F)c(F)c1OCC(C)O. The molecule has 0 spiro atoms. The average molecular weight is 375 g/mol. The van der Waals surface area contributed by atoms with Gasteiger partial charge in [0.05, 0.1) is 11.8 Å². The molecule has 0 saturated carbocycles. The molecule has 0 radical (unpaired) electrons. The van der Waals surface area contributed by atoms with Crippen molar-refractivity contribution in [2.45, 2.75) is 26.9 Å². The third-order valence-corrected chi connectivity index (χ3v) is 3.12. The number of carboxylic acid groups (broad SMARTS) is 2. The first-order chi connectivity index (χ1) is 12.1. The predicted octanol–water partition coefficient (Wildman–Crippen LogP) is 2.28. The zero-order valence-electron chi connectivity index (χ0n) is 14.8. The van der Waals surface area contributed by atoms with E-state index in [2.05, 4.69) is 6.58 Å². The number of ether oxygens (including phenoxy) is 1. The molecule has 9 heteroatoms. The van der Waals surface area contributed by atoms with Crippen LogP contribution in [0.2, 0.25) is 0 Å². The molecule has 1 aromatic rings. The van der Waals surface area contributed by atoms with Crippen LogP contribution in [0.3, 0.4) is 0 Å². The lowest BCUT2D eigenvalue weighted by atomic mass is 10.2. The topological polar surface area (TPSA) is 107 Å². The molecule has 0 bridgehead atoms. The summed E-state index contributed by atoms with van der Waals surface area (Å²) in [4.78, 5) is 21.2. The van der Waals surface area contributed by atoms with E-state index in [0.717, 1.165) is 6.07 Å². The molecule has 3 N–H and O–H groups in total. The number of aliphatic carboxylic acids is 2. The summed E-state index contributed by atoms with van der Waals surface area (Å²) in [6.07, 6.45) is -0.739. The molecule has 0 amide bonds. The van der Waals surface area contributed by atoms with Crippen LogP contribution in [0.4, 0.5) is 14.5 Å². The van der Waals surface area contributed by atoms with E-state index in [1.54, 1.807) is 0 Å². The molecule has 7 nitrogen and oxygen atoms in total. The second-order valence-corrected chi connectivity index (χ2v) is 5.13. The molecule has 1 unspecified atom stereocenters. The number of carboxylic acids is 2. The van der Waals surface area contributed by atoms with Crippen LogP contribution in [0.1, 0.15) is 20.8 Å². The summed E-state index contributed by atoms with van der Waals surface area (Å²) in [6, 6.07) is 2.57. The zero-order valence-corrected chi connectivity index (χ0v) is 14.8. The van der Waals surface area contributed by atoms with Gasteiger partial charge in [-0.05, 0) is 32.9 Å². The molecule has 0 saturated heterocycles. The van der Waals surface area contributed by atoms with Crippen LogP contribution in [-0.4, -0.2) is 53.1 Å². The minimum atomic E-state index is -1.50. The van der Waals surface area contributed by atoms with Crippen LogP contribution in [0.25, 0.3) is 0 Å². The number of halogens is 2. The summed E-state index contributed by atoms with van der Waals surface area (Å²) in [7, 11) is 0. The van der Waals surface area contributed by atoms with Gasteiger partial charge in [-0.25, -0.2) is 14.0 Å². The highest BCUT2D eigenvalue weighted by Crippen LogP contribution is 2.32. The summed E-state index contributed by atoms with van der Waals surface area (Å²) in [5.41, 5.74) is -0.315. The van der Waals surface area contributed by atoms with E-state index in [4.69, 9.17) is 20.1 Å². The Morgan fingerprint density at radius 3 is 2.04 bits per heavy atom. The summed E-state index contributed by atoms with van der Waals surface area (Å²) < 4.78 is 32.1. The zero-order chi connectivity index (χ0) is 20.4. The van der Waals surface area contributed by atoms with Crippen LogP contribution in [0.15, 0.2) is 24.3 Å². The van der Waals surface area contributed by atoms with Gasteiger partial charge in [-0.1, -0.05) is 6.58 Å². The van der Waals surface area contributed by atoms with Gasteiger partial charge in [0.2, 0.25) is 5.82 Å². The first-order valence-corrected chi connectivity index (χ1v) is 7.75.